The third-order valence-electron chi connectivity index (χ3n) is 4.25. The summed E-state index contributed by atoms with van der Waals surface area (Å²) in [6.07, 6.45) is 0.787. The zero-order valence-corrected chi connectivity index (χ0v) is 15.3. The fourth-order valence-electron chi connectivity index (χ4n) is 2.80. The number of ether oxygens (including phenoxy) is 2. The summed E-state index contributed by atoms with van der Waals surface area (Å²) in [6, 6.07) is 15.2. The maximum atomic E-state index is 11.7. The molecule has 0 bridgehead atoms. The van der Waals surface area contributed by atoms with E-state index in [1.54, 1.807) is 18.2 Å². The van der Waals surface area contributed by atoms with E-state index in [1.807, 2.05) is 18.2 Å². The van der Waals surface area contributed by atoms with Crippen LogP contribution >= 0.6 is 0 Å². The second-order valence-corrected chi connectivity index (χ2v) is 8.23. The summed E-state index contributed by atoms with van der Waals surface area (Å²) in [5.74, 6) is 0.593. The van der Waals surface area contributed by atoms with E-state index in [1.165, 1.54) is 11.8 Å². The Morgan fingerprint density at radius 1 is 1.16 bits per heavy atom. The van der Waals surface area contributed by atoms with Crippen LogP contribution in [0.25, 0.3) is 0 Å². The van der Waals surface area contributed by atoms with Crippen molar-refractivity contribution < 1.29 is 17.9 Å². The minimum atomic E-state index is -3.25. The number of benzene rings is 2. The lowest BCUT2D eigenvalue weighted by atomic mass is 10.2. The maximum absolute atomic E-state index is 11.7. The molecule has 6 heteroatoms. The van der Waals surface area contributed by atoms with Gasteiger partial charge >= 0.3 is 0 Å². The molecule has 2 aromatic carbocycles. The molecule has 2 aromatic rings. The van der Waals surface area contributed by atoms with Crippen LogP contribution in [0, 0.1) is 0 Å². The number of fused-ring (bicyclic) bond motifs is 1. The van der Waals surface area contributed by atoms with Gasteiger partial charge in [-0.2, -0.15) is 0 Å². The molecule has 0 radical (unpaired) electrons. The van der Waals surface area contributed by atoms with Crippen LogP contribution in [0.15, 0.2) is 53.4 Å². The predicted molar refractivity (Wildman–Crippen MR) is 96.1 cm³/mol. The van der Waals surface area contributed by atoms with Crippen molar-refractivity contribution in [2.24, 2.45) is 0 Å². The Balaban J connectivity index is 1.69. The van der Waals surface area contributed by atoms with Crippen molar-refractivity contribution in [3.8, 4) is 5.75 Å². The lowest BCUT2D eigenvalue weighted by Gasteiger charge is -2.31. The monoisotopic (exact) mass is 361 g/mol. The second kappa shape index (κ2) is 7.56. The first-order valence-corrected chi connectivity index (χ1v) is 10.2. The number of likely N-dealkylation sites (N-methyl/N-ethyl adjacent to an activating group) is 1. The van der Waals surface area contributed by atoms with Crippen LogP contribution in [0.4, 0.5) is 0 Å². The van der Waals surface area contributed by atoms with Crippen LogP contribution in [-0.4, -0.2) is 39.0 Å². The predicted octanol–water partition coefficient (Wildman–Crippen LogP) is 2.85. The van der Waals surface area contributed by atoms with E-state index in [2.05, 4.69) is 24.0 Å². The molecule has 0 aromatic heterocycles. The zero-order chi connectivity index (χ0) is 17.9. The molecule has 0 spiro atoms. The Kier molecular flexibility index (Phi) is 5.42. The van der Waals surface area contributed by atoms with Crippen molar-refractivity contribution in [2.75, 3.05) is 19.3 Å². The Labute approximate surface area is 149 Å². The molecule has 0 aliphatic carbocycles. The van der Waals surface area contributed by atoms with Crippen LogP contribution in [0.3, 0.4) is 0 Å². The molecule has 134 valence electrons. The van der Waals surface area contributed by atoms with E-state index in [0.29, 0.717) is 18.9 Å². The molecule has 1 atom stereocenters. The van der Waals surface area contributed by atoms with E-state index < -0.39 is 16.1 Å². The van der Waals surface area contributed by atoms with Gasteiger partial charge in [-0.25, -0.2) is 8.42 Å². The molecule has 1 heterocycles. The van der Waals surface area contributed by atoms with Gasteiger partial charge in [0.15, 0.2) is 9.84 Å². The average molecular weight is 361 g/mol. The molecule has 1 unspecified atom stereocenters. The average Bonchev–Trinajstić information content (AvgIpc) is 2.60. The van der Waals surface area contributed by atoms with Gasteiger partial charge in [0.25, 0.3) is 0 Å². The normalized spacial score (nSPS) is 17.2. The summed E-state index contributed by atoms with van der Waals surface area (Å²) in [6.45, 7) is 4.83. The topological polar surface area (TPSA) is 55.8 Å². The van der Waals surface area contributed by atoms with Gasteiger partial charge in [-0.1, -0.05) is 43.3 Å². The summed E-state index contributed by atoms with van der Waals surface area (Å²) in [5.41, 5.74) is 2.11. The quantitative estimate of drug-likeness (QED) is 0.792. The van der Waals surface area contributed by atoms with Gasteiger partial charge in [0.2, 0.25) is 6.29 Å². The third kappa shape index (κ3) is 4.60. The third-order valence-corrected chi connectivity index (χ3v) is 5.36. The molecular weight excluding hydrogens is 338 g/mol. The highest BCUT2D eigenvalue weighted by molar-refractivity contribution is 7.90. The lowest BCUT2D eigenvalue weighted by Crippen LogP contribution is -2.38. The second-order valence-electron chi connectivity index (χ2n) is 6.21. The van der Waals surface area contributed by atoms with Crippen molar-refractivity contribution in [3.05, 3.63) is 59.7 Å². The van der Waals surface area contributed by atoms with Crippen LogP contribution in [0.1, 0.15) is 18.1 Å². The number of hydrogen-bond acceptors (Lipinski definition) is 5. The van der Waals surface area contributed by atoms with Gasteiger partial charge in [0.1, 0.15) is 5.75 Å². The number of rotatable bonds is 6. The molecule has 0 N–H and O–H groups in total. The van der Waals surface area contributed by atoms with Crippen LogP contribution in [0.5, 0.6) is 5.75 Å². The Morgan fingerprint density at radius 2 is 1.92 bits per heavy atom. The molecule has 0 saturated carbocycles. The van der Waals surface area contributed by atoms with Gasteiger partial charge in [0, 0.05) is 18.4 Å². The van der Waals surface area contributed by atoms with Crippen LogP contribution in [-0.2, 0) is 27.7 Å². The fraction of sp³-hybridized carbons (Fsp3) is 0.368. The summed E-state index contributed by atoms with van der Waals surface area (Å²) in [4.78, 5) is 2.51. The largest absolute Gasteiger partial charge is 0.463 e. The molecule has 5 nitrogen and oxygen atoms in total. The zero-order valence-electron chi connectivity index (χ0n) is 14.5. The van der Waals surface area contributed by atoms with Crippen molar-refractivity contribution in [2.45, 2.75) is 31.3 Å². The van der Waals surface area contributed by atoms with E-state index in [4.69, 9.17) is 9.47 Å². The molecule has 0 saturated heterocycles. The summed E-state index contributed by atoms with van der Waals surface area (Å²) in [5, 5.41) is 0. The molecule has 0 amide bonds. The fourth-order valence-corrected chi connectivity index (χ4v) is 3.44. The first-order valence-electron chi connectivity index (χ1n) is 8.33. The number of nitrogens with zero attached hydrogens (tertiary/aromatic N) is 1. The highest BCUT2D eigenvalue weighted by atomic mass is 32.2. The maximum Gasteiger partial charge on any atom is 0.213 e. The van der Waals surface area contributed by atoms with E-state index in [-0.39, 0.29) is 4.90 Å². The smallest absolute Gasteiger partial charge is 0.213 e. The molecule has 0 fully saturated rings. The molecule has 3 rings (SSSR count). The van der Waals surface area contributed by atoms with Gasteiger partial charge in [-0.3, -0.25) is 4.90 Å². The summed E-state index contributed by atoms with van der Waals surface area (Å²) >= 11 is 0. The highest BCUT2D eigenvalue weighted by Crippen LogP contribution is 2.29. The van der Waals surface area contributed by atoms with Crippen LogP contribution in [0.2, 0.25) is 0 Å². The van der Waals surface area contributed by atoms with Gasteiger partial charge in [0.05, 0.1) is 18.0 Å². The van der Waals surface area contributed by atoms with E-state index in [9.17, 15) is 8.42 Å². The number of sulfone groups is 1. The number of hydrogen-bond donors (Lipinski definition) is 0. The standard InChI is InChI=1S/C19H23NO4S/c1-3-20(12-15-7-5-4-6-8-15)13-19-23-14-16-9-10-17(25(2,21)22)11-18(16)24-19/h4-11,19H,3,12-14H2,1-2H3. The Morgan fingerprint density at radius 3 is 2.60 bits per heavy atom. The molecular formula is C19H23NO4S. The van der Waals surface area contributed by atoms with Crippen molar-refractivity contribution in [3.63, 3.8) is 0 Å². The molecule has 25 heavy (non-hydrogen) atoms. The van der Waals surface area contributed by atoms with Crippen molar-refractivity contribution in [1.82, 2.24) is 4.90 Å². The first kappa shape index (κ1) is 17.9. The van der Waals surface area contributed by atoms with Gasteiger partial charge < -0.3 is 9.47 Å². The van der Waals surface area contributed by atoms with Crippen molar-refractivity contribution >= 4 is 9.84 Å². The Bertz CT molecular complexity index is 821. The van der Waals surface area contributed by atoms with Gasteiger partial charge in [-0.05, 0) is 24.2 Å². The van der Waals surface area contributed by atoms with Crippen LogP contribution < -0.4 is 4.74 Å². The minimum Gasteiger partial charge on any atom is -0.463 e. The molecule has 1 aliphatic rings. The summed E-state index contributed by atoms with van der Waals surface area (Å²) in [7, 11) is -3.25. The minimum absolute atomic E-state index is 0.267. The first-order chi connectivity index (χ1) is 12.0. The Hall–Kier alpha value is -1.89. The van der Waals surface area contributed by atoms with Gasteiger partial charge in [-0.15, -0.1) is 0 Å². The molecule has 1 aliphatic heterocycles. The summed E-state index contributed by atoms with van der Waals surface area (Å²) < 4.78 is 35.2. The highest BCUT2D eigenvalue weighted by Gasteiger charge is 2.23. The van der Waals surface area contributed by atoms with E-state index in [0.717, 1.165) is 18.7 Å². The lowest BCUT2D eigenvalue weighted by molar-refractivity contribution is -0.121. The van der Waals surface area contributed by atoms with Crippen molar-refractivity contribution in [1.29, 1.82) is 0 Å². The van der Waals surface area contributed by atoms with E-state index >= 15 is 0 Å². The SMILES string of the molecule is CCN(Cc1ccccc1)CC1OCc2ccc(S(C)(=O)=O)cc2O1.